The van der Waals surface area contributed by atoms with Gasteiger partial charge in [-0.2, -0.15) is 0 Å². The van der Waals surface area contributed by atoms with E-state index in [-0.39, 0.29) is 5.91 Å². The molecule has 0 aliphatic rings. The predicted molar refractivity (Wildman–Crippen MR) is 52.7 cm³/mol. The predicted octanol–water partition coefficient (Wildman–Crippen LogP) is 0.0908. The third-order valence-corrected chi connectivity index (χ3v) is 1.73. The van der Waals surface area contributed by atoms with Crippen LogP contribution in [-0.4, -0.2) is 50.7 Å². The first kappa shape index (κ1) is 12.4. The number of hydrogen-bond donors (Lipinski definition) is 1. The molecule has 1 amide bonds. The van der Waals surface area contributed by atoms with E-state index in [0.717, 1.165) is 6.54 Å². The maximum absolute atomic E-state index is 11.3. The summed E-state index contributed by atoms with van der Waals surface area (Å²) in [5.74, 6) is 0.113. The molecule has 1 N–H and O–H groups in total. The number of carbonyl (C=O) groups excluding carboxylic acids is 1. The van der Waals surface area contributed by atoms with Gasteiger partial charge in [0, 0.05) is 20.2 Å². The molecule has 0 aromatic carbocycles. The van der Waals surface area contributed by atoms with E-state index in [9.17, 15) is 4.79 Å². The summed E-state index contributed by atoms with van der Waals surface area (Å²) in [4.78, 5) is 13.0. The van der Waals surface area contributed by atoms with Gasteiger partial charge in [-0.1, -0.05) is 6.92 Å². The van der Waals surface area contributed by atoms with Gasteiger partial charge in [-0.15, -0.1) is 0 Å². The van der Waals surface area contributed by atoms with Crippen LogP contribution >= 0.6 is 0 Å². The van der Waals surface area contributed by atoms with Crippen LogP contribution in [0.25, 0.3) is 0 Å². The Bertz CT molecular complexity index is 140. The van der Waals surface area contributed by atoms with Gasteiger partial charge in [0.1, 0.15) is 0 Å². The molecule has 0 aliphatic carbocycles. The number of nitrogens with zero attached hydrogens (tertiary/aromatic N) is 1. The quantitative estimate of drug-likeness (QED) is 0.576. The summed E-state index contributed by atoms with van der Waals surface area (Å²) in [7, 11) is 1.79. The van der Waals surface area contributed by atoms with Crippen LogP contribution in [0.1, 0.15) is 13.8 Å². The van der Waals surface area contributed by atoms with Crippen molar-refractivity contribution in [1.82, 2.24) is 10.2 Å². The fourth-order valence-electron chi connectivity index (χ4n) is 0.837. The molecular formula is C9H20N2O2. The molecule has 0 spiro atoms. The van der Waals surface area contributed by atoms with Crippen molar-refractivity contribution >= 4 is 5.91 Å². The molecule has 78 valence electrons. The van der Waals surface area contributed by atoms with Gasteiger partial charge < -0.3 is 15.0 Å². The van der Waals surface area contributed by atoms with Crippen molar-refractivity contribution in [1.29, 1.82) is 0 Å². The maximum Gasteiger partial charge on any atom is 0.236 e. The molecule has 0 bridgehead atoms. The first-order valence-corrected chi connectivity index (χ1v) is 4.74. The summed E-state index contributed by atoms with van der Waals surface area (Å²) in [6, 6.07) is 0. The van der Waals surface area contributed by atoms with Gasteiger partial charge in [-0.3, -0.25) is 4.79 Å². The van der Waals surface area contributed by atoms with Crippen molar-refractivity contribution in [3.8, 4) is 0 Å². The Morgan fingerprint density at radius 2 is 2.15 bits per heavy atom. The Labute approximate surface area is 80.2 Å². The summed E-state index contributed by atoms with van der Waals surface area (Å²) in [6.45, 7) is 7.15. The third kappa shape index (κ3) is 6.54. The Balaban J connectivity index is 3.45. The summed E-state index contributed by atoms with van der Waals surface area (Å²) in [5, 5.41) is 2.99. The maximum atomic E-state index is 11.3. The molecule has 0 radical (unpaired) electrons. The minimum atomic E-state index is 0.113. The molecule has 0 heterocycles. The topological polar surface area (TPSA) is 41.6 Å². The van der Waals surface area contributed by atoms with Gasteiger partial charge in [0.2, 0.25) is 5.91 Å². The summed E-state index contributed by atoms with van der Waals surface area (Å²) in [5.41, 5.74) is 0. The number of hydrogen-bond acceptors (Lipinski definition) is 3. The minimum Gasteiger partial charge on any atom is -0.380 e. The van der Waals surface area contributed by atoms with Gasteiger partial charge in [0.25, 0.3) is 0 Å². The minimum absolute atomic E-state index is 0.113. The number of nitrogens with one attached hydrogen (secondary N) is 1. The van der Waals surface area contributed by atoms with Gasteiger partial charge in [-0.25, -0.2) is 0 Å². The fraction of sp³-hybridized carbons (Fsp3) is 0.889. The van der Waals surface area contributed by atoms with Crippen LogP contribution in [-0.2, 0) is 9.53 Å². The van der Waals surface area contributed by atoms with Crippen LogP contribution in [0.3, 0.4) is 0 Å². The Morgan fingerprint density at radius 1 is 1.46 bits per heavy atom. The normalized spacial score (nSPS) is 10.1. The van der Waals surface area contributed by atoms with E-state index in [1.807, 2.05) is 13.8 Å². The van der Waals surface area contributed by atoms with Crippen LogP contribution in [0.2, 0.25) is 0 Å². The number of carbonyl (C=O) groups is 1. The van der Waals surface area contributed by atoms with Crippen molar-refractivity contribution in [2.45, 2.75) is 13.8 Å². The smallest absolute Gasteiger partial charge is 0.236 e. The largest absolute Gasteiger partial charge is 0.380 e. The standard InChI is InChI=1S/C9H20N2O2/c1-4-10-8-9(12)11(3)6-7-13-5-2/h10H,4-8H2,1-3H3. The highest BCUT2D eigenvalue weighted by atomic mass is 16.5. The zero-order valence-electron chi connectivity index (χ0n) is 8.80. The van der Waals surface area contributed by atoms with E-state index in [4.69, 9.17) is 4.74 Å². The first-order chi connectivity index (χ1) is 6.22. The summed E-state index contributed by atoms with van der Waals surface area (Å²) in [6.07, 6.45) is 0. The molecule has 0 rings (SSSR count). The number of ether oxygens (including phenoxy) is 1. The Kier molecular flexibility index (Phi) is 7.63. The van der Waals surface area contributed by atoms with E-state index in [1.54, 1.807) is 11.9 Å². The Hall–Kier alpha value is -0.610. The molecule has 4 nitrogen and oxygen atoms in total. The highest BCUT2D eigenvalue weighted by molar-refractivity contribution is 5.77. The molecule has 0 aromatic heterocycles. The lowest BCUT2D eigenvalue weighted by Crippen LogP contribution is -2.37. The van der Waals surface area contributed by atoms with E-state index in [0.29, 0.717) is 26.3 Å². The molecule has 0 saturated heterocycles. The van der Waals surface area contributed by atoms with Crippen molar-refractivity contribution < 1.29 is 9.53 Å². The Morgan fingerprint density at radius 3 is 2.69 bits per heavy atom. The number of rotatable bonds is 7. The van der Waals surface area contributed by atoms with Gasteiger partial charge in [0.15, 0.2) is 0 Å². The van der Waals surface area contributed by atoms with Gasteiger partial charge in [-0.05, 0) is 13.5 Å². The summed E-state index contributed by atoms with van der Waals surface area (Å²) >= 11 is 0. The average Bonchev–Trinajstić information content (AvgIpc) is 2.14. The van der Waals surface area contributed by atoms with Crippen LogP contribution in [0.4, 0.5) is 0 Å². The SMILES string of the molecule is CCNCC(=O)N(C)CCOCC. The second-order valence-corrected chi connectivity index (χ2v) is 2.79. The summed E-state index contributed by atoms with van der Waals surface area (Å²) < 4.78 is 5.14. The number of amides is 1. The zero-order valence-corrected chi connectivity index (χ0v) is 8.80. The molecule has 0 aliphatic heterocycles. The van der Waals surface area contributed by atoms with Crippen LogP contribution in [0.15, 0.2) is 0 Å². The van der Waals surface area contributed by atoms with Gasteiger partial charge in [0.05, 0.1) is 13.2 Å². The zero-order chi connectivity index (χ0) is 10.1. The average molecular weight is 188 g/mol. The van der Waals surface area contributed by atoms with Crippen LogP contribution in [0.5, 0.6) is 0 Å². The first-order valence-electron chi connectivity index (χ1n) is 4.74. The monoisotopic (exact) mass is 188 g/mol. The van der Waals surface area contributed by atoms with Crippen LogP contribution in [0, 0.1) is 0 Å². The lowest BCUT2D eigenvalue weighted by molar-refractivity contribution is -0.129. The third-order valence-electron chi connectivity index (χ3n) is 1.73. The van der Waals surface area contributed by atoms with Crippen molar-refractivity contribution in [3.63, 3.8) is 0 Å². The number of likely N-dealkylation sites (N-methyl/N-ethyl adjacent to an activating group) is 2. The molecule has 4 heteroatoms. The van der Waals surface area contributed by atoms with E-state index in [2.05, 4.69) is 5.32 Å². The lowest BCUT2D eigenvalue weighted by atomic mass is 10.5. The van der Waals surface area contributed by atoms with Gasteiger partial charge >= 0.3 is 0 Å². The molecular weight excluding hydrogens is 168 g/mol. The lowest BCUT2D eigenvalue weighted by Gasteiger charge is -2.16. The highest BCUT2D eigenvalue weighted by Crippen LogP contribution is 1.84. The van der Waals surface area contributed by atoms with E-state index >= 15 is 0 Å². The fourth-order valence-corrected chi connectivity index (χ4v) is 0.837. The molecule has 13 heavy (non-hydrogen) atoms. The van der Waals surface area contributed by atoms with Crippen molar-refractivity contribution in [3.05, 3.63) is 0 Å². The molecule has 0 fully saturated rings. The highest BCUT2D eigenvalue weighted by Gasteiger charge is 2.06. The molecule has 0 atom stereocenters. The second-order valence-electron chi connectivity index (χ2n) is 2.79. The molecule has 0 unspecified atom stereocenters. The van der Waals surface area contributed by atoms with Crippen molar-refractivity contribution in [2.75, 3.05) is 39.9 Å². The van der Waals surface area contributed by atoms with Crippen molar-refractivity contribution in [2.24, 2.45) is 0 Å². The van der Waals surface area contributed by atoms with E-state index < -0.39 is 0 Å². The van der Waals surface area contributed by atoms with Crippen LogP contribution < -0.4 is 5.32 Å². The second kappa shape index (κ2) is 8.01. The van der Waals surface area contributed by atoms with E-state index in [1.165, 1.54) is 0 Å². The molecule has 0 saturated carbocycles. The molecule has 0 aromatic rings.